The lowest BCUT2D eigenvalue weighted by molar-refractivity contribution is -0.115. The summed E-state index contributed by atoms with van der Waals surface area (Å²) in [6.45, 7) is 0. The number of hydrogen-bond acceptors (Lipinski definition) is 5. The number of fused-ring (bicyclic) bond motifs is 1. The van der Waals surface area contributed by atoms with E-state index in [1.807, 2.05) is 16.0 Å². The Morgan fingerprint density at radius 3 is 2.79 bits per heavy atom. The quantitative estimate of drug-likeness (QED) is 0.490. The van der Waals surface area contributed by atoms with Gasteiger partial charge in [0.15, 0.2) is 4.96 Å². The lowest BCUT2D eigenvalue weighted by atomic mass is 10.3. The molecule has 0 fully saturated rings. The van der Waals surface area contributed by atoms with E-state index in [0.29, 0.717) is 11.4 Å². The molecule has 0 bridgehead atoms. The highest BCUT2D eigenvalue weighted by molar-refractivity contribution is 7.92. The van der Waals surface area contributed by atoms with Crippen LogP contribution in [0.2, 0.25) is 0 Å². The van der Waals surface area contributed by atoms with Crippen LogP contribution in [-0.4, -0.2) is 23.7 Å². The number of rotatable bonds is 6. The normalized spacial score (nSPS) is 11.5. The fraction of sp³-hybridized carbons (Fsp3) is 0.0526. The Morgan fingerprint density at radius 2 is 2.00 bits per heavy atom. The number of para-hydroxylation sites is 1. The van der Waals surface area contributed by atoms with Crippen molar-refractivity contribution in [2.24, 2.45) is 0 Å². The standard InChI is InChI=1S/C19H15FN4O3S2/c20-16-6-1-2-7-17(16)23-29(26,27)15-5-3-4-13(10-15)21-18(25)11-14-12-24-8-9-28-19(24)22-14/h1-10,12,23H,11H2,(H,21,25). The van der Waals surface area contributed by atoms with Crippen LogP contribution in [0.4, 0.5) is 15.8 Å². The van der Waals surface area contributed by atoms with Crippen LogP contribution in [0.3, 0.4) is 0 Å². The zero-order valence-corrected chi connectivity index (χ0v) is 16.5. The molecule has 1 amide bonds. The van der Waals surface area contributed by atoms with Crippen molar-refractivity contribution in [2.45, 2.75) is 11.3 Å². The Morgan fingerprint density at radius 1 is 1.17 bits per heavy atom. The maximum atomic E-state index is 13.8. The number of halogens is 1. The number of thiazole rings is 1. The van der Waals surface area contributed by atoms with Crippen molar-refractivity contribution in [3.8, 4) is 0 Å². The van der Waals surface area contributed by atoms with E-state index in [1.165, 1.54) is 47.7 Å². The highest BCUT2D eigenvalue weighted by Gasteiger charge is 2.17. The number of imidazole rings is 1. The molecule has 0 saturated carbocycles. The molecule has 4 aromatic rings. The van der Waals surface area contributed by atoms with E-state index in [9.17, 15) is 17.6 Å². The lowest BCUT2D eigenvalue weighted by Gasteiger charge is -2.10. The Bertz CT molecular complexity index is 1270. The van der Waals surface area contributed by atoms with E-state index in [0.717, 1.165) is 11.0 Å². The van der Waals surface area contributed by atoms with Gasteiger partial charge in [-0.05, 0) is 30.3 Å². The third-order valence-corrected chi connectivity index (χ3v) is 6.16. The van der Waals surface area contributed by atoms with Gasteiger partial charge in [0, 0.05) is 23.5 Å². The van der Waals surface area contributed by atoms with Crippen LogP contribution in [0.5, 0.6) is 0 Å². The van der Waals surface area contributed by atoms with Crippen molar-refractivity contribution in [1.29, 1.82) is 0 Å². The van der Waals surface area contributed by atoms with Gasteiger partial charge in [-0.3, -0.25) is 13.9 Å². The van der Waals surface area contributed by atoms with Crippen molar-refractivity contribution in [3.05, 3.63) is 77.8 Å². The second kappa shape index (κ2) is 7.64. The molecule has 2 aromatic heterocycles. The predicted molar refractivity (Wildman–Crippen MR) is 109 cm³/mol. The van der Waals surface area contributed by atoms with Crippen molar-refractivity contribution in [3.63, 3.8) is 0 Å². The Kier molecular flexibility index (Phi) is 5.03. The maximum absolute atomic E-state index is 13.8. The van der Waals surface area contributed by atoms with Gasteiger partial charge in [-0.2, -0.15) is 0 Å². The predicted octanol–water partition coefficient (Wildman–Crippen LogP) is 3.52. The van der Waals surface area contributed by atoms with Gasteiger partial charge in [0.05, 0.1) is 22.7 Å². The van der Waals surface area contributed by atoms with Crippen LogP contribution in [0.1, 0.15) is 5.69 Å². The number of nitrogens with one attached hydrogen (secondary N) is 2. The molecule has 0 unspecified atom stereocenters. The number of benzene rings is 2. The van der Waals surface area contributed by atoms with E-state index in [4.69, 9.17) is 0 Å². The lowest BCUT2D eigenvalue weighted by Crippen LogP contribution is -2.16. The fourth-order valence-corrected chi connectivity index (χ4v) is 4.55. The summed E-state index contributed by atoms with van der Waals surface area (Å²) in [7, 11) is -4.02. The molecule has 0 saturated heterocycles. The van der Waals surface area contributed by atoms with Crippen molar-refractivity contribution < 1.29 is 17.6 Å². The molecule has 0 aliphatic carbocycles. The number of sulfonamides is 1. The largest absolute Gasteiger partial charge is 0.326 e. The molecule has 148 valence electrons. The van der Waals surface area contributed by atoms with Crippen molar-refractivity contribution in [2.75, 3.05) is 10.0 Å². The fourth-order valence-electron chi connectivity index (χ4n) is 2.72. The first-order valence-electron chi connectivity index (χ1n) is 8.49. The molecular weight excluding hydrogens is 415 g/mol. The SMILES string of the molecule is O=C(Cc1cn2ccsc2n1)Nc1cccc(S(=O)(=O)Nc2ccccc2F)c1. The average Bonchev–Trinajstić information content (AvgIpc) is 3.25. The molecule has 2 heterocycles. The van der Waals surface area contributed by atoms with Crippen LogP contribution in [-0.2, 0) is 21.2 Å². The van der Waals surface area contributed by atoms with Crippen LogP contribution in [0, 0.1) is 5.82 Å². The summed E-state index contributed by atoms with van der Waals surface area (Å²) in [4.78, 5) is 17.3. The van der Waals surface area contributed by atoms with Crippen LogP contribution in [0.15, 0.2) is 71.2 Å². The second-order valence-corrected chi connectivity index (χ2v) is 8.72. The van der Waals surface area contributed by atoms with E-state index >= 15 is 0 Å². The van der Waals surface area contributed by atoms with Crippen LogP contribution < -0.4 is 10.0 Å². The molecule has 2 aromatic carbocycles. The molecule has 7 nitrogen and oxygen atoms in total. The van der Waals surface area contributed by atoms with Crippen molar-refractivity contribution in [1.82, 2.24) is 9.38 Å². The molecule has 0 aliphatic rings. The highest BCUT2D eigenvalue weighted by atomic mass is 32.2. The number of carbonyl (C=O) groups excluding carboxylic acids is 1. The van der Waals surface area contributed by atoms with Gasteiger partial charge < -0.3 is 5.32 Å². The molecular formula is C19H15FN4O3S2. The number of carbonyl (C=O) groups is 1. The minimum absolute atomic E-state index is 0.0544. The highest BCUT2D eigenvalue weighted by Crippen LogP contribution is 2.21. The molecule has 0 radical (unpaired) electrons. The summed E-state index contributed by atoms with van der Waals surface area (Å²) in [5.74, 6) is -1.01. The third-order valence-electron chi connectivity index (χ3n) is 4.03. The topological polar surface area (TPSA) is 92.6 Å². The van der Waals surface area contributed by atoms with Gasteiger partial charge in [0.25, 0.3) is 10.0 Å². The number of amides is 1. The summed E-state index contributed by atoms with van der Waals surface area (Å²) in [5, 5.41) is 4.56. The average molecular weight is 430 g/mol. The number of nitrogens with zero attached hydrogens (tertiary/aromatic N) is 2. The first kappa shape index (κ1) is 19.1. The van der Waals surface area contributed by atoms with Crippen LogP contribution >= 0.6 is 11.3 Å². The van der Waals surface area contributed by atoms with Gasteiger partial charge in [-0.25, -0.2) is 17.8 Å². The van der Waals surface area contributed by atoms with E-state index in [1.54, 1.807) is 12.3 Å². The van der Waals surface area contributed by atoms with Gasteiger partial charge in [0.2, 0.25) is 5.91 Å². The van der Waals surface area contributed by atoms with Gasteiger partial charge >= 0.3 is 0 Å². The van der Waals surface area contributed by atoms with E-state index in [2.05, 4.69) is 15.0 Å². The minimum Gasteiger partial charge on any atom is -0.326 e. The maximum Gasteiger partial charge on any atom is 0.262 e. The summed E-state index contributed by atoms with van der Waals surface area (Å²) in [6, 6.07) is 11.2. The summed E-state index contributed by atoms with van der Waals surface area (Å²) >= 11 is 1.47. The Labute approximate surface area is 169 Å². The molecule has 10 heteroatoms. The Balaban J connectivity index is 1.48. The summed E-state index contributed by atoms with van der Waals surface area (Å²) in [6.07, 6.45) is 3.68. The van der Waals surface area contributed by atoms with E-state index < -0.39 is 15.8 Å². The van der Waals surface area contributed by atoms with Gasteiger partial charge in [-0.1, -0.05) is 18.2 Å². The van der Waals surface area contributed by atoms with Crippen LogP contribution in [0.25, 0.3) is 4.96 Å². The minimum atomic E-state index is -4.02. The zero-order chi connectivity index (χ0) is 20.4. The zero-order valence-electron chi connectivity index (χ0n) is 14.9. The molecule has 0 spiro atoms. The monoisotopic (exact) mass is 430 g/mol. The number of anilines is 2. The molecule has 2 N–H and O–H groups in total. The molecule has 4 rings (SSSR count). The molecule has 0 aliphatic heterocycles. The number of aromatic nitrogens is 2. The Hall–Kier alpha value is -3.24. The second-order valence-electron chi connectivity index (χ2n) is 6.16. The van der Waals surface area contributed by atoms with Gasteiger partial charge in [-0.15, -0.1) is 11.3 Å². The third kappa shape index (κ3) is 4.28. The van der Waals surface area contributed by atoms with Gasteiger partial charge in [0.1, 0.15) is 5.82 Å². The molecule has 29 heavy (non-hydrogen) atoms. The first-order valence-corrected chi connectivity index (χ1v) is 10.9. The summed E-state index contributed by atoms with van der Waals surface area (Å²) in [5.41, 5.74) is 0.772. The number of hydrogen-bond donors (Lipinski definition) is 2. The smallest absolute Gasteiger partial charge is 0.262 e. The first-order chi connectivity index (χ1) is 13.9. The van der Waals surface area contributed by atoms with E-state index in [-0.39, 0.29) is 22.9 Å². The molecule has 0 atom stereocenters. The summed E-state index contributed by atoms with van der Waals surface area (Å²) < 4.78 is 42.9. The van der Waals surface area contributed by atoms with Crippen molar-refractivity contribution >= 4 is 43.6 Å².